The van der Waals surface area contributed by atoms with E-state index in [0.29, 0.717) is 0 Å². The molecule has 0 radical (unpaired) electrons. The quantitative estimate of drug-likeness (QED) is 0.302. The summed E-state index contributed by atoms with van der Waals surface area (Å²) in [6, 6.07) is 0. The maximum atomic E-state index is 4.91. The molecule has 1 heteroatoms. The van der Waals surface area contributed by atoms with Crippen molar-refractivity contribution in [2.24, 2.45) is 0 Å². The van der Waals surface area contributed by atoms with Crippen LogP contribution in [0.5, 0.6) is 0 Å². The van der Waals surface area contributed by atoms with E-state index in [2.05, 4.69) is 13.2 Å². The van der Waals surface area contributed by atoms with Gasteiger partial charge in [-0.1, -0.05) is 12.7 Å². The summed E-state index contributed by atoms with van der Waals surface area (Å²) in [5.74, 6) is 0. The zero-order valence-corrected chi connectivity index (χ0v) is 5.81. The first kappa shape index (κ1) is 8.28. The number of ether oxygens (including phenoxy) is 1. The van der Waals surface area contributed by atoms with Crippen molar-refractivity contribution in [1.29, 1.82) is 0 Å². The monoisotopic (exact) mass is 126 g/mol. The molecule has 0 aromatic rings. The van der Waals surface area contributed by atoms with Crippen LogP contribution in [0, 0.1) is 0 Å². The molecular weight excluding hydrogens is 112 g/mol. The summed E-state index contributed by atoms with van der Waals surface area (Å²) in [6.07, 6.45) is 6.75. The molecule has 0 atom stereocenters. The van der Waals surface area contributed by atoms with Crippen LogP contribution >= 0.6 is 0 Å². The van der Waals surface area contributed by atoms with E-state index in [1.165, 1.54) is 6.26 Å². The van der Waals surface area contributed by atoms with Crippen molar-refractivity contribution >= 4 is 0 Å². The van der Waals surface area contributed by atoms with Crippen LogP contribution in [0.4, 0.5) is 0 Å². The summed E-state index contributed by atoms with van der Waals surface area (Å²) >= 11 is 0. The summed E-state index contributed by atoms with van der Waals surface area (Å²) in [5, 5.41) is 0. The molecule has 0 aromatic carbocycles. The fourth-order valence-electron chi connectivity index (χ4n) is 0.557. The van der Waals surface area contributed by atoms with Crippen molar-refractivity contribution in [2.45, 2.75) is 19.3 Å². The molecule has 0 bridgehead atoms. The summed E-state index contributed by atoms with van der Waals surface area (Å²) in [4.78, 5) is 0. The highest BCUT2D eigenvalue weighted by atomic mass is 16.5. The summed E-state index contributed by atoms with van der Waals surface area (Å²) < 4.78 is 4.91. The van der Waals surface area contributed by atoms with E-state index in [-0.39, 0.29) is 0 Å². The second-order valence-electron chi connectivity index (χ2n) is 1.82. The Kier molecular flexibility index (Phi) is 6.70. The molecule has 1 nitrogen and oxygen atoms in total. The van der Waals surface area contributed by atoms with E-state index >= 15 is 0 Å². The second kappa shape index (κ2) is 7.28. The Morgan fingerprint density at radius 1 is 1.22 bits per heavy atom. The van der Waals surface area contributed by atoms with Crippen LogP contribution in [0.1, 0.15) is 19.3 Å². The Morgan fingerprint density at radius 2 is 2.00 bits per heavy atom. The van der Waals surface area contributed by atoms with Gasteiger partial charge in [-0.25, -0.2) is 0 Å². The van der Waals surface area contributed by atoms with Gasteiger partial charge in [0, 0.05) is 0 Å². The Balaban J connectivity index is 2.74. The summed E-state index contributed by atoms with van der Waals surface area (Å²) in [5.41, 5.74) is 0. The maximum Gasteiger partial charge on any atom is 0.0873 e. The lowest BCUT2D eigenvalue weighted by Gasteiger charge is -1.96. The lowest BCUT2D eigenvalue weighted by atomic mass is 10.2. The number of hydrogen-bond donors (Lipinski definition) is 0. The normalized spacial score (nSPS) is 8.44. The van der Waals surface area contributed by atoms with Gasteiger partial charge in [-0.2, -0.15) is 0 Å². The lowest BCUT2D eigenvalue weighted by Crippen LogP contribution is -1.85. The van der Waals surface area contributed by atoms with Crippen LogP contribution in [0.2, 0.25) is 0 Å². The van der Waals surface area contributed by atoms with Gasteiger partial charge in [-0.15, -0.1) is 6.58 Å². The fraction of sp³-hybridized carbons (Fsp3) is 0.500. The first-order valence-corrected chi connectivity index (χ1v) is 3.25. The first-order chi connectivity index (χ1) is 4.41. The smallest absolute Gasteiger partial charge is 0.0873 e. The SMILES string of the molecule is C=CCCCCOC=C. The van der Waals surface area contributed by atoms with Crippen molar-refractivity contribution in [3.05, 3.63) is 25.5 Å². The molecule has 0 heterocycles. The van der Waals surface area contributed by atoms with E-state index in [1.807, 2.05) is 6.08 Å². The lowest BCUT2D eigenvalue weighted by molar-refractivity contribution is 0.243. The van der Waals surface area contributed by atoms with E-state index in [1.54, 1.807) is 0 Å². The van der Waals surface area contributed by atoms with Gasteiger partial charge in [0.1, 0.15) is 0 Å². The summed E-state index contributed by atoms with van der Waals surface area (Å²) in [7, 11) is 0. The third-order valence-corrected chi connectivity index (χ3v) is 1.04. The number of hydrogen-bond acceptors (Lipinski definition) is 1. The molecule has 0 spiro atoms. The molecule has 52 valence electrons. The molecule has 0 N–H and O–H groups in total. The van der Waals surface area contributed by atoms with E-state index in [9.17, 15) is 0 Å². The van der Waals surface area contributed by atoms with Gasteiger partial charge in [-0.3, -0.25) is 0 Å². The maximum absolute atomic E-state index is 4.91. The van der Waals surface area contributed by atoms with Crippen LogP contribution < -0.4 is 0 Å². The van der Waals surface area contributed by atoms with Crippen molar-refractivity contribution < 1.29 is 4.74 Å². The number of allylic oxidation sites excluding steroid dienone is 1. The molecule has 0 saturated carbocycles. The van der Waals surface area contributed by atoms with Crippen LogP contribution in [0.3, 0.4) is 0 Å². The van der Waals surface area contributed by atoms with E-state index < -0.39 is 0 Å². The molecule has 0 rings (SSSR count). The van der Waals surface area contributed by atoms with Crippen molar-refractivity contribution in [1.82, 2.24) is 0 Å². The molecular formula is C8H14O. The zero-order chi connectivity index (χ0) is 6.95. The molecule has 0 aliphatic rings. The topological polar surface area (TPSA) is 9.23 Å². The fourth-order valence-corrected chi connectivity index (χ4v) is 0.557. The highest BCUT2D eigenvalue weighted by molar-refractivity contribution is 4.65. The minimum absolute atomic E-state index is 0.789. The van der Waals surface area contributed by atoms with Gasteiger partial charge in [0.2, 0.25) is 0 Å². The molecule has 0 fully saturated rings. The molecule has 0 unspecified atom stereocenters. The minimum Gasteiger partial charge on any atom is -0.502 e. The van der Waals surface area contributed by atoms with Crippen LogP contribution in [-0.4, -0.2) is 6.61 Å². The number of rotatable bonds is 6. The number of unbranched alkanes of at least 4 members (excludes halogenated alkanes) is 2. The Hall–Kier alpha value is -0.720. The largest absolute Gasteiger partial charge is 0.502 e. The van der Waals surface area contributed by atoms with Gasteiger partial charge in [0.15, 0.2) is 0 Å². The third kappa shape index (κ3) is 7.28. The highest BCUT2D eigenvalue weighted by Gasteiger charge is 1.82. The van der Waals surface area contributed by atoms with Crippen molar-refractivity contribution in [3.8, 4) is 0 Å². The van der Waals surface area contributed by atoms with Gasteiger partial charge in [0.25, 0.3) is 0 Å². The first-order valence-electron chi connectivity index (χ1n) is 3.25. The van der Waals surface area contributed by atoms with Crippen LogP contribution in [-0.2, 0) is 4.74 Å². The molecule has 0 amide bonds. The summed E-state index contributed by atoms with van der Waals surface area (Å²) in [6.45, 7) is 7.84. The van der Waals surface area contributed by atoms with Gasteiger partial charge in [0.05, 0.1) is 12.9 Å². The standard InChI is InChI=1S/C8H14O/c1-3-5-6-7-8-9-4-2/h3-4H,1-2,5-8H2. The van der Waals surface area contributed by atoms with Crippen LogP contribution in [0.25, 0.3) is 0 Å². The Labute approximate surface area is 57.0 Å². The third-order valence-electron chi connectivity index (χ3n) is 1.04. The van der Waals surface area contributed by atoms with E-state index in [0.717, 1.165) is 25.9 Å². The predicted molar refractivity (Wildman–Crippen MR) is 40.2 cm³/mol. The van der Waals surface area contributed by atoms with Gasteiger partial charge in [-0.05, 0) is 19.3 Å². The van der Waals surface area contributed by atoms with Crippen LogP contribution in [0.15, 0.2) is 25.5 Å². The molecule has 9 heavy (non-hydrogen) atoms. The van der Waals surface area contributed by atoms with E-state index in [4.69, 9.17) is 4.74 Å². The molecule has 0 aliphatic carbocycles. The van der Waals surface area contributed by atoms with Gasteiger partial charge < -0.3 is 4.74 Å². The van der Waals surface area contributed by atoms with Crippen molar-refractivity contribution in [3.63, 3.8) is 0 Å². The molecule has 0 saturated heterocycles. The zero-order valence-electron chi connectivity index (χ0n) is 5.81. The molecule has 0 aromatic heterocycles. The minimum atomic E-state index is 0.789. The predicted octanol–water partition coefficient (Wildman–Crippen LogP) is 2.50. The molecule has 0 aliphatic heterocycles. The Morgan fingerprint density at radius 3 is 2.56 bits per heavy atom. The van der Waals surface area contributed by atoms with Gasteiger partial charge >= 0.3 is 0 Å². The second-order valence-corrected chi connectivity index (χ2v) is 1.82. The van der Waals surface area contributed by atoms with Crippen molar-refractivity contribution in [2.75, 3.05) is 6.61 Å². The average Bonchev–Trinajstić information content (AvgIpc) is 1.89. The average molecular weight is 126 g/mol. The highest BCUT2D eigenvalue weighted by Crippen LogP contribution is 1.95. The Bertz CT molecular complexity index is 66.6.